The molecular formula is C15H13F2NO2. The van der Waals surface area contributed by atoms with Crippen LogP contribution in [0.25, 0.3) is 0 Å². The van der Waals surface area contributed by atoms with Crippen molar-refractivity contribution in [2.24, 2.45) is 0 Å². The molecule has 0 spiro atoms. The maximum atomic E-state index is 13.9. The fourth-order valence-corrected chi connectivity index (χ4v) is 2.63. The molecular weight excluding hydrogens is 264 g/mol. The first-order valence-corrected chi connectivity index (χ1v) is 6.30. The molecule has 0 aliphatic carbocycles. The fraction of sp³-hybridized carbons (Fsp3) is 0.200. The average Bonchev–Trinajstić information content (AvgIpc) is 2.40. The highest BCUT2D eigenvalue weighted by atomic mass is 19.1. The molecule has 1 heterocycles. The molecule has 0 saturated heterocycles. The first-order chi connectivity index (χ1) is 9.58. The molecule has 2 aromatic carbocycles. The predicted octanol–water partition coefficient (Wildman–Crippen LogP) is 2.61. The molecule has 3 nitrogen and oxygen atoms in total. The van der Waals surface area contributed by atoms with E-state index in [-0.39, 0.29) is 17.1 Å². The second kappa shape index (κ2) is 4.76. The van der Waals surface area contributed by atoms with Crippen LogP contribution >= 0.6 is 0 Å². The molecule has 0 amide bonds. The lowest BCUT2D eigenvalue weighted by Crippen LogP contribution is -2.31. The third-order valence-corrected chi connectivity index (χ3v) is 3.58. The topological polar surface area (TPSA) is 52.5 Å². The van der Waals surface area contributed by atoms with Crippen molar-refractivity contribution in [1.29, 1.82) is 0 Å². The minimum Gasteiger partial charge on any atom is -0.504 e. The van der Waals surface area contributed by atoms with E-state index in [0.717, 1.165) is 5.56 Å². The minimum absolute atomic E-state index is 0.0708. The molecule has 1 atom stereocenters. The van der Waals surface area contributed by atoms with Crippen molar-refractivity contribution in [3.05, 3.63) is 58.7 Å². The molecule has 0 aromatic heterocycles. The fourth-order valence-electron chi connectivity index (χ4n) is 2.63. The molecule has 0 fully saturated rings. The summed E-state index contributed by atoms with van der Waals surface area (Å²) in [4.78, 5) is 0. The Bertz CT molecular complexity index is 653. The third-order valence-electron chi connectivity index (χ3n) is 3.58. The summed E-state index contributed by atoms with van der Waals surface area (Å²) in [5.74, 6) is -1.79. The van der Waals surface area contributed by atoms with E-state index in [1.54, 1.807) is 0 Å². The van der Waals surface area contributed by atoms with Crippen LogP contribution in [0.4, 0.5) is 8.78 Å². The van der Waals surface area contributed by atoms with Crippen LogP contribution in [0.1, 0.15) is 22.7 Å². The molecule has 1 aliphatic heterocycles. The van der Waals surface area contributed by atoms with Crippen LogP contribution in [-0.2, 0) is 6.42 Å². The summed E-state index contributed by atoms with van der Waals surface area (Å²) >= 11 is 0. The average molecular weight is 277 g/mol. The van der Waals surface area contributed by atoms with Crippen LogP contribution in [0.3, 0.4) is 0 Å². The van der Waals surface area contributed by atoms with E-state index in [9.17, 15) is 19.0 Å². The quantitative estimate of drug-likeness (QED) is 0.702. The molecule has 20 heavy (non-hydrogen) atoms. The van der Waals surface area contributed by atoms with Crippen LogP contribution in [-0.4, -0.2) is 16.8 Å². The number of phenolic OH excluding ortho intramolecular Hbond substituents is 2. The molecule has 2 aromatic rings. The highest BCUT2D eigenvalue weighted by molar-refractivity contribution is 5.50. The minimum atomic E-state index is -0.675. The van der Waals surface area contributed by atoms with E-state index in [4.69, 9.17) is 0 Å². The van der Waals surface area contributed by atoms with Crippen LogP contribution < -0.4 is 5.32 Å². The van der Waals surface area contributed by atoms with Crippen molar-refractivity contribution in [2.75, 3.05) is 6.54 Å². The Labute approximate surface area is 114 Å². The van der Waals surface area contributed by atoms with E-state index in [0.29, 0.717) is 18.5 Å². The smallest absolute Gasteiger partial charge is 0.157 e. The van der Waals surface area contributed by atoms with E-state index < -0.39 is 17.7 Å². The van der Waals surface area contributed by atoms with Gasteiger partial charge in [-0.2, -0.15) is 0 Å². The second-order valence-electron chi connectivity index (χ2n) is 4.81. The molecule has 0 radical (unpaired) electrons. The molecule has 3 rings (SSSR count). The Hall–Kier alpha value is -2.14. The van der Waals surface area contributed by atoms with Crippen LogP contribution in [0.5, 0.6) is 11.5 Å². The molecule has 0 bridgehead atoms. The largest absolute Gasteiger partial charge is 0.504 e. The zero-order chi connectivity index (χ0) is 14.3. The lowest BCUT2D eigenvalue weighted by Gasteiger charge is -2.28. The van der Waals surface area contributed by atoms with Crippen molar-refractivity contribution in [3.8, 4) is 11.5 Å². The van der Waals surface area contributed by atoms with Gasteiger partial charge in [0.1, 0.15) is 11.6 Å². The summed E-state index contributed by atoms with van der Waals surface area (Å²) in [5.41, 5.74) is 1.28. The van der Waals surface area contributed by atoms with Crippen LogP contribution in [0.15, 0.2) is 30.3 Å². The number of hydrogen-bond acceptors (Lipinski definition) is 3. The molecule has 1 aliphatic rings. The van der Waals surface area contributed by atoms with Gasteiger partial charge in [-0.3, -0.25) is 0 Å². The van der Waals surface area contributed by atoms with Crippen molar-refractivity contribution in [2.45, 2.75) is 12.5 Å². The predicted molar refractivity (Wildman–Crippen MR) is 69.7 cm³/mol. The lowest BCUT2D eigenvalue weighted by atomic mass is 9.89. The van der Waals surface area contributed by atoms with E-state index in [2.05, 4.69) is 5.32 Å². The van der Waals surface area contributed by atoms with E-state index in [1.807, 2.05) is 0 Å². The number of nitrogens with one attached hydrogen (secondary N) is 1. The van der Waals surface area contributed by atoms with Crippen molar-refractivity contribution in [1.82, 2.24) is 5.32 Å². The zero-order valence-electron chi connectivity index (χ0n) is 10.5. The van der Waals surface area contributed by atoms with Gasteiger partial charge in [0.15, 0.2) is 11.5 Å². The lowest BCUT2D eigenvalue weighted by molar-refractivity contribution is 0.399. The number of hydrogen-bond donors (Lipinski definition) is 3. The molecule has 5 heteroatoms. The number of halogens is 2. The van der Waals surface area contributed by atoms with E-state index >= 15 is 0 Å². The van der Waals surface area contributed by atoms with Crippen LogP contribution in [0, 0.1) is 11.6 Å². The summed E-state index contributed by atoms with van der Waals surface area (Å²) in [6.07, 6.45) is 0.621. The second-order valence-corrected chi connectivity index (χ2v) is 4.81. The van der Waals surface area contributed by atoms with Crippen molar-refractivity contribution in [3.63, 3.8) is 0 Å². The Morgan fingerprint density at radius 3 is 2.40 bits per heavy atom. The summed E-state index contributed by atoms with van der Waals surface area (Å²) in [7, 11) is 0. The number of fused-ring (bicyclic) bond motifs is 1. The third kappa shape index (κ3) is 2.00. The van der Waals surface area contributed by atoms with Gasteiger partial charge in [-0.05, 0) is 41.8 Å². The molecule has 0 unspecified atom stereocenters. The Balaban J connectivity index is 2.17. The van der Waals surface area contributed by atoms with Crippen molar-refractivity contribution < 1.29 is 19.0 Å². The standard InChI is InChI=1S/C15H13F2NO2/c16-10-2-1-3-11(17)14(10)15-9-7-13(20)12(19)6-8(9)4-5-18-15/h1-3,6-7,15,18-20H,4-5H2/t15-/m1/s1. The van der Waals surface area contributed by atoms with Gasteiger partial charge in [0, 0.05) is 12.1 Å². The Kier molecular flexibility index (Phi) is 3.06. The number of aromatic hydroxyl groups is 2. The van der Waals surface area contributed by atoms with Gasteiger partial charge in [0.2, 0.25) is 0 Å². The van der Waals surface area contributed by atoms with Gasteiger partial charge in [0.05, 0.1) is 6.04 Å². The zero-order valence-corrected chi connectivity index (χ0v) is 10.5. The monoisotopic (exact) mass is 277 g/mol. The normalized spacial score (nSPS) is 17.8. The maximum Gasteiger partial charge on any atom is 0.157 e. The van der Waals surface area contributed by atoms with Crippen LogP contribution in [0.2, 0.25) is 0 Å². The first-order valence-electron chi connectivity index (χ1n) is 6.30. The summed E-state index contributed by atoms with van der Waals surface area (Å²) in [6, 6.07) is 5.84. The Morgan fingerprint density at radius 2 is 1.70 bits per heavy atom. The van der Waals surface area contributed by atoms with Gasteiger partial charge >= 0.3 is 0 Å². The summed E-state index contributed by atoms with van der Waals surface area (Å²) in [5, 5.41) is 22.2. The van der Waals surface area contributed by atoms with Gasteiger partial charge in [-0.15, -0.1) is 0 Å². The van der Waals surface area contributed by atoms with Gasteiger partial charge in [0.25, 0.3) is 0 Å². The Morgan fingerprint density at radius 1 is 1.05 bits per heavy atom. The van der Waals surface area contributed by atoms with E-state index in [1.165, 1.54) is 30.3 Å². The number of benzene rings is 2. The molecule has 104 valence electrons. The molecule has 3 N–H and O–H groups in total. The SMILES string of the molecule is Oc1cc2c(cc1O)[C@H](c1c(F)cccc1F)NCC2. The highest BCUT2D eigenvalue weighted by Gasteiger charge is 2.27. The number of rotatable bonds is 1. The van der Waals surface area contributed by atoms with Crippen molar-refractivity contribution >= 4 is 0 Å². The van der Waals surface area contributed by atoms with Gasteiger partial charge in [-0.1, -0.05) is 6.07 Å². The van der Waals surface area contributed by atoms with Gasteiger partial charge < -0.3 is 15.5 Å². The summed E-state index contributed by atoms with van der Waals surface area (Å²) < 4.78 is 27.8. The molecule has 0 saturated carbocycles. The van der Waals surface area contributed by atoms with Gasteiger partial charge in [-0.25, -0.2) is 8.78 Å². The first kappa shape index (κ1) is 12.9. The summed E-state index contributed by atoms with van der Waals surface area (Å²) in [6.45, 7) is 0.537. The highest BCUT2D eigenvalue weighted by Crippen LogP contribution is 2.37. The maximum absolute atomic E-state index is 13.9. The number of phenols is 2.